The molecular formula is C24H42KO5S. The molecule has 0 bridgehead atoms. The van der Waals surface area contributed by atoms with Gasteiger partial charge >= 0.3 is 10.4 Å². The van der Waals surface area contributed by atoms with Crippen LogP contribution in [-0.4, -0.2) is 71.5 Å². The van der Waals surface area contributed by atoms with E-state index in [1.807, 2.05) is 0 Å². The Labute approximate surface area is 233 Å². The van der Waals surface area contributed by atoms with Crippen LogP contribution in [0.5, 0.6) is 11.5 Å². The van der Waals surface area contributed by atoms with E-state index in [-0.39, 0.29) is 69.5 Å². The van der Waals surface area contributed by atoms with Crippen LogP contribution < -0.4 is 4.18 Å². The van der Waals surface area contributed by atoms with Gasteiger partial charge in [0.05, 0.1) is 6.61 Å². The predicted octanol–water partition coefficient (Wildman–Crippen LogP) is 6.91. The average molecular weight is 482 g/mol. The predicted molar refractivity (Wildman–Crippen MR) is 129 cm³/mol. The van der Waals surface area contributed by atoms with Crippen molar-refractivity contribution in [3.8, 4) is 11.5 Å². The Morgan fingerprint density at radius 3 is 1.48 bits per heavy atom. The minimum Gasteiger partial charge on any atom is -0.508 e. The van der Waals surface area contributed by atoms with E-state index in [4.69, 9.17) is 8.37 Å². The Balaban J connectivity index is 0.00000900. The summed E-state index contributed by atoms with van der Waals surface area (Å²) in [6, 6.07) is 5.48. The van der Waals surface area contributed by atoms with E-state index in [0.29, 0.717) is 6.42 Å². The van der Waals surface area contributed by atoms with Crippen LogP contribution in [0, 0.1) is 0 Å². The summed E-state index contributed by atoms with van der Waals surface area (Å²) < 4.78 is 33.2. The molecular weight excluding hydrogens is 439 g/mol. The number of hydrogen-bond donors (Lipinski definition) is 1. The standard InChI is InChI=1S/C24H42O5S.K/c1-2-3-4-5-6-7-8-9-10-11-12-13-14-15-16-17-22-28-30(26,27)29-24-20-18-23(25)19-21-24;/h18-21,25H,2-17,22H2,1H3;. The van der Waals surface area contributed by atoms with E-state index in [0.717, 1.165) is 12.8 Å². The first-order valence-corrected chi connectivity index (χ1v) is 13.2. The van der Waals surface area contributed by atoms with Crippen LogP contribution in [0.25, 0.3) is 0 Å². The monoisotopic (exact) mass is 481 g/mol. The van der Waals surface area contributed by atoms with Crippen molar-refractivity contribution < 1.29 is 21.9 Å². The van der Waals surface area contributed by atoms with Crippen molar-refractivity contribution in [1.82, 2.24) is 0 Å². The Kier molecular flexibility index (Phi) is 21.2. The van der Waals surface area contributed by atoms with Crippen LogP contribution in [0.1, 0.15) is 110 Å². The Morgan fingerprint density at radius 1 is 0.677 bits per heavy atom. The Bertz CT molecular complexity index is 619. The average Bonchev–Trinajstić information content (AvgIpc) is 2.72. The van der Waals surface area contributed by atoms with E-state index >= 15 is 0 Å². The third kappa shape index (κ3) is 19.5. The van der Waals surface area contributed by atoms with E-state index in [1.165, 1.54) is 108 Å². The second kappa shape index (κ2) is 20.9. The molecule has 0 saturated carbocycles. The molecule has 1 aromatic carbocycles. The minimum absolute atomic E-state index is 0. The molecule has 31 heavy (non-hydrogen) atoms. The zero-order chi connectivity index (χ0) is 21.9. The van der Waals surface area contributed by atoms with E-state index < -0.39 is 10.4 Å². The number of benzene rings is 1. The molecule has 0 spiro atoms. The summed E-state index contributed by atoms with van der Waals surface area (Å²) in [5.74, 6) is 0.175. The number of hydrogen-bond acceptors (Lipinski definition) is 5. The van der Waals surface area contributed by atoms with Crippen molar-refractivity contribution >= 4 is 61.8 Å². The number of unbranched alkanes of at least 4 members (excludes halogenated alkanes) is 15. The summed E-state index contributed by atoms with van der Waals surface area (Å²) in [6.45, 7) is 2.40. The fourth-order valence-corrected chi connectivity index (χ4v) is 4.17. The van der Waals surface area contributed by atoms with Crippen molar-refractivity contribution in [2.24, 2.45) is 0 Å². The van der Waals surface area contributed by atoms with Crippen molar-refractivity contribution in [1.29, 1.82) is 0 Å². The van der Waals surface area contributed by atoms with Crippen LogP contribution in [0.2, 0.25) is 0 Å². The molecule has 5 nitrogen and oxygen atoms in total. The van der Waals surface area contributed by atoms with Gasteiger partial charge in [0.2, 0.25) is 0 Å². The molecule has 0 atom stereocenters. The van der Waals surface area contributed by atoms with Crippen molar-refractivity contribution in [2.45, 2.75) is 110 Å². The van der Waals surface area contributed by atoms with Crippen LogP contribution in [-0.2, 0) is 14.6 Å². The van der Waals surface area contributed by atoms with Gasteiger partial charge in [-0.1, -0.05) is 103 Å². The molecule has 1 aromatic rings. The SMILES string of the molecule is CCCCCCCCCCCCCCCCCCOS(=O)(=O)Oc1ccc(O)cc1.[K]. The number of rotatable bonds is 20. The van der Waals surface area contributed by atoms with Gasteiger partial charge in [0.15, 0.2) is 0 Å². The van der Waals surface area contributed by atoms with Gasteiger partial charge in [-0.25, -0.2) is 4.18 Å². The van der Waals surface area contributed by atoms with Crippen LogP contribution >= 0.6 is 0 Å². The van der Waals surface area contributed by atoms with E-state index in [1.54, 1.807) is 0 Å². The maximum absolute atomic E-state index is 11.7. The summed E-state index contributed by atoms with van der Waals surface area (Å²) in [7, 11) is -4.05. The minimum atomic E-state index is -4.05. The van der Waals surface area contributed by atoms with Gasteiger partial charge < -0.3 is 9.29 Å². The molecule has 0 aliphatic carbocycles. The van der Waals surface area contributed by atoms with Crippen molar-refractivity contribution in [3.63, 3.8) is 0 Å². The van der Waals surface area contributed by atoms with Gasteiger partial charge in [0.25, 0.3) is 0 Å². The van der Waals surface area contributed by atoms with Gasteiger partial charge in [-0.2, -0.15) is 8.42 Å². The smallest absolute Gasteiger partial charge is 0.449 e. The molecule has 175 valence electrons. The van der Waals surface area contributed by atoms with E-state index in [2.05, 4.69) is 6.92 Å². The van der Waals surface area contributed by atoms with Crippen LogP contribution in [0.15, 0.2) is 24.3 Å². The summed E-state index contributed by atoms with van der Waals surface area (Å²) in [6.07, 6.45) is 20.4. The zero-order valence-electron chi connectivity index (χ0n) is 19.8. The van der Waals surface area contributed by atoms with Gasteiger partial charge in [-0.3, -0.25) is 0 Å². The maximum atomic E-state index is 11.7. The number of phenolic OH excluding ortho intramolecular Hbond substituents is 1. The summed E-state index contributed by atoms with van der Waals surface area (Å²) in [5.41, 5.74) is 0. The van der Waals surface area contributed by atoms with E-state index in [9.17, 15) is 13.5 Å². The molecule has 0 aliphatic heterocycles. The normalized spacial score (nSPS) is 11.3. The van der Waals surface area contributed by atoms with Gasteiger partial charge in [0.1, 0.15) is 11.5 Å². The van der Waals surface area contributed by atoms with Gasteiger partial charge in [-0.05, 0) is 30.7 Å². The molecule has 0 fully saturated rings. The van der Waals surface area contributed by atoms with Crippen LogP contribution in [0.4, 0.5) is 0 Å². The van der Waals surface area contributed by atoms with Crippen molar-refractivity contribution in [3.05, 3.63) is 24.3 Å². The quantitative estimate of drug-likeness (QED) is 0.162. The van der Waals surface area contributed by atoms with Gasteiger partial charge in [0, 0.05) is 51.4 Å². The summed E-state index contributed by atoms with van der Waals surface area (Å²) >= 11 is 0. The van der Waals surface area contributed by atoms with Crippen molar-refractivity contribution in [2.75, 3.05) is 6.61 Å². The summed E-state index contributed by atoms with van der Waals surface area (Å²) in [5, 5.41) is 9.18. The first-order valence-electron chi connectivity index (χ1n) is 11.9. The first kappa shape index (κ1) is 31.4. The Morgan fingerprint density at radius 2 is 1.06 bits per heavy atom. The fourth-order valence-electron chi connectivity index (χ4n) is 3.45. The third-order valence-corrected chi connectivity index (χ3v) is 6.11. The Hall–Kier alpha value is 0.366. The molecule has 0 aliphatic rings. The molecule has 1 radical (unpaired) electrons. The molecule has 0 unspecified atom stereocenters. The number of phenols is 1. The third-order valence-electron chi connectivity index (χ3n) is 5.26. The molecule has 1 N–H and O–H groups in total. The maximum Gasteiger partial charge on any atom is 0.449 e. The zero-order valence-corrected chi connectivity index (χ0v) is 23.8. The largest absolute Gasteiger partial charge is 0.508 e. The topological polar surface area (TPSA) is 72.8 Å². The van der Waals surface area contributed by atoms with Gasteiger partial charge in [-0.15, -0.1) is 0 Å². The molecule has 0 heterocycles. The first-order chi connectivity index (χ1) is 14.5. The molecule has 0 saturated heterocycles. The molecule has 1 rings (SSSR count). The molecule has 7 heteroatoms. The summed E-state index contributed by atoms with van der Waals surface area (Å²) in [4.78, 5) is 0. The second-order valence-corrected chi connectivity index (χ2v) is 9.33. The fraction of sp³-hybridized carbons (Fsp3) is 0.750. The van der Waals surface area contributed by atoms with Crippen LogP contribution in [0.3, 0.4) is 0 Å². The molecule has 0 amide bonds. The number of aromatic hydroxyl groups is 1. The second-order valence-electron chi connectivity index (χ2n) is 8.11. The molecule has 0 aromatic heterocycles.